The maximum absolute atomic E-state index is 11.9. The van der Waals surface area contributed by atoms with E-state index in [1.54, 1.807) is 19.1 Å². The minimum Gasteiger partial charge on any atom is -0.352 e. The molecule has 0 aliphatic carbocycles. The van der Waals surface area contributed by atoms with Gasteiger partial charge in [0.1, 0.15) is 0 Å². The Balaban J connectivity index is 2.01. The second-order valence-electron chi connectivity index (χ2n) is 4.73. The second-order valence-corrected chi connectivity index (χ2v) is 4.73. The van der Waals surface area contributed by atoms with Crippen molar-refractivity contribution in [3.8, 4) is 0 Å². The number of rotatable bonds is 4. The summed E-state index contributed by atoms with van der Waals surface area (Å²) in [5, 5.41) is 16.8. The molecular weight excluding hydrogens is 246 g/mol. The lowest BCUT2D eigenvalue weighted by Gasteiger charge is -2.11. The first-order chi connectivity index (χ1) is 9.09. The number of amides is 1. The van der Waals surface area contributed by atoms with Crippen LogP contribution in [0.2, 0.25) is 0 Å². The van der Waals surface area contributed by atoms with Gasteiger partial charge in [-0.2, -0.15) is 0 Å². The number of nitrogens with one attached hydrogen (secondary N) is 2. The molecule has 1 fully saturated rings. The van der Waals surface area contributed by atoms with Crippen molar-refractivity contribution in [2.75, 3.05) is 13.1 Å². The number of nitrogens with zero attached hydrogens (tertiary/aromatic N) is 1. The van der Waals surface area contributed by atoms with Crippen molar-refractivity contribution in [2.24, 2.45) is 5.92 Å². The largest absolute Gasteiger partial charge is 0.352 e. The highest BCUT2D eigenvalue weighted by Gasteiger charge is 2.22. The van der Waals surface area contributed by atoms with Crippen LogP contribution in [0.3, 0.4) is 0 Å². The molecule has 1 aromatic carbocycles. The van der Waals surface area contributed by atoms with Gasteiger partial charge < -0.3 is 10.6 Å². The number of carbonyl (C=O) groups is 1. The minimum absolute atomic E-state index is 0.0101. The van der Waals surface area contributed by atoms with Gasteiger partial charge in [-0.05, 0) is 25.5 Å². The molecule has 0 radical (unpaired) electrons. The third-order valence-electron chi connectivity index (χ3n) is 3.50. The van der Waals surface area contributed by atoms with Crippen LogP contribution in [0.15, 0.2) is 18.2 Å². The van der Waals surface area contributed by atoms with E-state index < -0.39 is 4.92 Å². The molecule has 6 nitrogen and oxygen atoms in total. The zero-order valence-electron chi connectivity index (χ0n) is 10.8. The van der Waals surface area contributed by atoms with Gasteiger partial charge in [0, 0.05) is 24.7 Å². The Bertz CT molecular complexity index is 496. The van der Waals surface area contributed by atoms with Crippen molar-refractivity contribution in [1.29, 1.82) is 0 Å². The normalized spacial score (nSPS) is 18.3. The van der Waals surface area contributed by atoms with Crippen LogP contribution in [0.4, 0.5) is 5.69 Å². The molecule has 0 bridgehead atoms. The average Bonchev–Trinajstić information content (AvgIpc) is 2.90. The molecule has 6 heteroatoms. The van der Waals surface area contributed by atoms with Crippen LogP contribution in [0, 0.1) is 23.0 Å². The van der Waals surface area contributed by atoms with Gasteiger partial charge in [0.05, 0.1) is 10.8 Å². The number of hydrogen-bond acceptors (Lipinski definition) is 4. The number of nitro groups is 1. The van der Waals surface area contributed by atoms with Gasteiger partial charge in [-0.25, -0.2) is 0 Å². The van der Waals surface area contributed by atoms with E-state index in [-0.39, 0.29) is 17.5 Å². The summed E-state index contributed by atoms with van der Waals surface area (Å²) in [5.74, 6) is 0.0231. The molecule has 0 aromatic heterocycles. The fourth-order valence-electron chi connectivity index (χ4n) is 2.26. The van der Waals surface area contributed by atoms with E-state index in [2.05, 4.69) is 10.6 Å². The molecule has 2 rings (SSSR count). The van der Waals surface area contributed by atoms with Crippen molar-refractivity contribution in [1.82, 2.24) is 10.6 Å². The first kappa shape index (κ1) is 13.5. The van der Waals surface area contributed by atoms with E-state index in [0.717, 1.165) is 18.5 Å². The summed E-state index contributed by atoms with van der Waals surface area (Å²) in [6.45, 7) is 3.62. The quantitative estimate of drug-likeness (QED) is 0.630. The zero-order chi connectivity index (χ0) is 13.8. The maximum Gasteiger partial charge on any atom is 0.272 e. The van der Waals surface area contributed by atoms with Crippen molar-refractivity contribution < 1.29 is 9.72 Å². The Labute approximate surface area is 111 Å². The Morgan fingerprint density at radius 2 is 2.37 bits per heavy atom. The monoisotopic (exact) mass is 263 g/mol. The van der Waals surface area contributed by atoms with Crippen molar-refractivity contribution >= 4 is 11.6 Å². The van der Waals surface area contributed by atoms with Gasteiger partial charge >= 0.3 is 0 Å². The van der Waals surface area contributed by atoms with Gasteiger partial charge in [0.15, 0.2) is 0 Å². The van der Waals surface area contributed by atoms with E-state index >= 15 is 0 Å². The van der Waals surface area contributed by atoms with E-state index in [0.29, 0.717) is 18.7 Å². The molecule has 0 spiro atoms. The summed E-state index contributed by atoms with van der Waals surface area (Å²) < 4.78 is 0. The van der Waals surface area contributed by atoms with Crippen molar-refractivity contribution in [3.05, 3.63) is 39.4 Å². The van der Waals surface area contributed by atoms with Crippen LogP contribution in [-0.2, 0) is 11.3 Å². The molecule has 2 N–H and O–H groups in total. The SMILES string of the molecule is Cc1c(CNC(=O)C2CCNC2)cccc1[N+](=O)[O-]. The minimum atomic E-state index is -0.401. The lowest BCUT2D eigenvalue weighted by Crippen LogP contribution is -2.31. The second kappa shape index (κ2) is 5.79. The summed E-state index contributed by atoms with van der Waals surface area (Å²) in [6, 6.07) is 4.92. The molecule has 1 aromatic rings. The van der Waals surface area contributed by atoms with Crippen LogP contribution in [0.5, 0.6) is 0 Å². The topological polar surface area (TPSA) is 84.3 Å². The van der Waals surface area contributed by atoms with E-state index in [1.165, 1.54) is 6.07 Å². The van der Waals surface area contributed by atoms with Crippen molar-refractivity contribution in [2.45, 2.75) is 19.9 Å². The van der Waals surface area contributed by atoms with Gasteiger partial charge in [-0.15, -0.1) is 0 Å². The van der Waals surface area contributed by atoms with Gasteiger partial charge in [-0.1, -0.05) is 12.1 Å². The molecule has 0 saturated carbocycles. The highest BCUT2D eigenvalue weighted by atomic mass is 16.6. The third kappa shape index (κ3) is 3.08. The predicted molar refractivity (Wildman–Crippen MR) is 70.7 cm³/mol. The third-order valence-corrected chi connectivity index (χ3v) is 3.50. The molecular formula is C13H17N3O3. The van der Waals surface area contributed by atoms with Crippen LogP contribution in [-0.4, -0.2) is 23.9 Å². The number of nitro benzene ring substituents is 1. The summed E-state index contributed by atoms with van der Waals surface area (Å²) in [5.41, 5.74) is 1.49. The Morgan fingerprint density at radius 3 is 3.00 bits per heavy atom. The Hall–Kier alpha value is -1.95. The molecule has 19 heavy (non-hydrogen) atoms. The van der Waals surface area contributed by atoms with Crippen LogP contribution in [0.1, 0.15) is 17.5 Å². The summed E-state index contributed by atoms with van der Waals surface area (Å²) in [7, 11) is 0. The van der Waals surface area contributed by atoms with Crippen LogP contribution < -0.4 is 10.6 Å². The van der Waals surface area contributed by atoms with E-state index in [4.69, 9.17) is 0 Å². The molecule has 1 aliphatic heterocycles. The van der Waals surface area contributed by atoms with E-state index in [9.17, 15) is 14.9 Å². The molecule has 1 unspecified atom stereocenters. The molecule has 1 atom stereocenters. The lowest BCUT2D eigenvalue weighted by atomic mass is 10.1. The van der Waals surface area contributed by atoms with Crippen LogP contribution >= 0.6 is 0 Å². The zero-order valence-corrected chi connectivity index (χ0v) is 10.8. The molecule has 1 heterocycles. The smallest absolute Gasteiger partial charge is 0.272 e. The van der Waals surface area contributed by atoms with E-state index in [1.807, 2.05) is 0 Å². The first-order valence-electron chi connectivity index (χ1n) is 6.31. The Kier molecular flexibility index (Phi) is 4.11. The number of hydrogen-bond donors (Lipinski definition) is 2. The standard InChI is InChI=1S/C13H17N3O3/c1-9-10(3-2-4-12(9)16(18)19)8-15-13(17)11-5-6-14-7-11/h2-4,11,14H,5-8H2,1H3,(H,15,17). The number of benzene rings is 1. The summed E-state index contributed by atoms with van der Waals surface area (Å²) in [4.78, 5) is 22.3. The molecule has 1 amide bonds. The summed E-state index contributed by atoms with van der Waals surface area (Å²) >= 11 is 0. The van der Waals surface area contributed by atoms with Crippen LogP contribution in [0.25, 0.3) is 0 Å². The fraction of sp³-hybridized carbons (Fsp3) is 0.462. The average molecular weight is 263 g/mol. The molecule has 102 valence electrons. The van der Waals surface area contributed by atoms with Crippen molar-refractivity contribution in [3.63, 3.8) is 0 Å². The predicted octanol–water partition coefficient (Wildman–Crippen LogP) is 1.13. The highest BCUT2D eigenvalue weighted by Crippen LogP contribution is 2.21. The molecule has 1 saturated heterocycles. The van der Waals surface area contributed by atoms with Gasteiger partial charge in [0.2, 0.25) is 5.91 Å². The first-order valence-corrected chi connectivity index (χ1v) is 6.31. The van der Waals surface area contributed by atoms with Gasteiger partial charge in [0.25, 0.3) is 5.69 Å². The maximum atomic E-state index is 11.9. The number of carbonyl (C=O) groups excluding carboxylic acids is 1. The molecule has 1 aliphatic rings. The highest BCUT2D eigenvalue weighted by molar-refractivity contribution is 5.79. The Morgan fingerprint density at radius 1 is 1.58 bits per heavy atom. The van der Waals surface area contributed by atoms with Gasteiger partial charge in [-0.3, -0.25) is 14.9 Å². The fourth-order valence-corrected chi connectivity index (χ4v) is 2.26. The lowest BCUT2D eigenvalue weighted by molar-refractivity contribution is -0.385. The summed E-state index contributed by atoms with van der Waals surface area (Å²) in [6.07, 6.45) is 0.847.